The van der Waals surface area contributed by atoms with Crippen LogP contribution in [0.3, 0.4) is 0 Å². The number of amides is 1. The smallest absolute Gasteiger partial charge is 0.270 e. The Hall–Kier alpha value is -3.00. The van der Waals surface area contributed by atoms with Crippen LogP contribution in [-0.4, -0.2) is 56.8 Å². The fraction of sp³-hybridized carbons (Fsp3) is 0.250. The molecule has 28 heavy (non-hydrogen) atoms. The molecule has 2 heterocycles. The van der Waals surface area contributed by atoms with Crippen LogP contribution in [0.2, 0.25) is 0 Å². The van der Waals surface area contributed by atoms with E-state index in [0.29, 0.717) is 17.2 Å². The summed E-state index contributed by atoms with van der Waals surface area (Å²) in [6.45, 7) is 0.345. The summed E-state index contributed by atoms with van der Waals surface area (Å²) in [6, 6.07) is 13.6. The highest BCUT2D eigenvalue weighted by atomic mass is 32.2. The van der Waals surface area contributed by atoms with Crippen molar-refractivity contribution < 1.29 is 22.7 Å². The van der Waals surface area contributed by atoms with Gasteiger partial charge in [-0.25, -0.2) is 8.42 Å². The Balaban J connectivity index is 1.47. The second-order valence-electron chi connectivity index (χ2n) is 6.69. The zero-order chi connectivity index (χ0) is 19.9. The number of likely N-dealkylation sites (tertiary alicyclic amines) is 1. The first-order valence-corrected chi connectivity index (χ1v) is 10.3. The molecule has 7 nitrogen and oxygen atoms in total. The Bertz CT molecular complexity index is 1130. The maximum absolute atomic E-state index is 12.7. The lowest BCUT2D eigenvalue weighted by atomic mass is 10.2. The first-order valence-electron chi connectivity index (χ1n) is 8.76. The number of nitrogens with one attached hydrogen (secondary N) is 1. The monoisotopic (exact) mass is 400 g/mol. The van der Waals surface area contributed by atoms with E-state index >= 15 is 0 Å². The van der Waals surface area contributed by atoms with Crippen LogP contribution in [0.4, 0.5) is 0 Å². The number of aromatic amines is 1. The van der Waals surface area contributed by atoms with Gasteiger partial charge in [0, 0.05) is 30.1 Å². The number of aromatic nitrogens is 1. The van der Waals surface area contributed by atoms with Crippen LogP contribution in [0.5, 0.6) is 11.5 Å². The van der Waals surface area contributed by atoms with Crippen molar-refractivity contribution in [1.82, 2.24) is 9.88 Å². The van der Waals surface area contributed by atoms with Crippen molar-refractivity contribution >= 4 is 26.6 Å². The number of ether oxygens (including phenoxy) is 2. The normalized spacial score (nSPS) is 14.7. The Kier molecular flexibility index (Phi) is 4.50. The van der Waals surface area contributed by atoms with Crippen molar-refractivity contribution in [2.45, 2.75) is 10.1 Å². The van der Waals surface area contributed by atoms with Crippen molar-refractivity contribution in [3.63, 3.8) is 0 Å². The van der Waals surface area contributed by atoms with Gasteiger partial charge in [0.15, 0.2) is 9.84 Å². The molecule has 4 rings (SSSR count). The summed E-state index contributed by atoms with van der Waals surface area (Å²) >= 11 is 0. The predicted octanol–water partition coefficient (Wildman–Crippen LogP) is 2.48. The summed E-state index contributed by atoms with van der Waals surface area (Å²) in [7, 11) is -0.376. The number of carbonyl (C=O) groups is 1. The lowest BCUT2D eigenvalue weighted by molar-refractivity contribution is 0.0653. The molecule has 1 amide bonds. The van der Waals surface area contributed by atoms with E-state index < -0.39 is 15.1 Å². The fourth-order valence-electron chi connectivity index (χ4n) is 3.28. The molecule has 0 unspecified atom stereocenters. The van der Waals surface area contributed by atoms with Crippen LogP contribution in [-0.2, 0) is 9.84 Å². The van der Waals surface area contributed by atoms with Gasteiger partial charge in [-0.1, -0.05) is 0 Å². The Morgan fingerprint density at radius 3 is 2.29 bits per heavy atom. The molecule has 8 heteroatoms. The lowest BCUT2D eigenvalue weighted by Gasteiger charge is -2.38. The Morgan fingerprint density at radius 1 is 1.00 bits per heavy atom. The van der Waals surface area contributed by atoms with E-state index in [2.05, 4.69) is 4.98 Å². The summed E-state index contributed by atoms with van der Waals surface area (Å²) in [5, 5.41) is 0.293. The molecule has 1 saturated heterocycles. The zero-order valence-corrected chi connectivity index (χ0v) is 16.3. The van der Waals surface area contributed by atoms with Crippen molar-refractivity contribution in [2.24, 2.45) is 0 Å². The molecular weight excluding hydrogens is 380 g/mol. The first-order chi connectivity index (χ1) is 13.4. The molecule has 1 aromatic heterocycles. The molecule has 1 aliphatic heterocycles. The molecule has 0 saturated carbocycles. The van der Waals surface area contributed by atoms with E-state index in [1.165, 1.54) is 24.1 Å². The average Bonchev–Trinajstić information content (AvgIpc) is 3.09. The number of hydrogen-bond acceptors (Lipinski definition) is 5. The van der Waals surface area contributed by atoms with E-state index in [-0.39, 0.29) is 23.9 Å². The number of sulfone groups is 1. The molecule has 146 valence electrons. The highest BCUT2D eigenvalue weighted by molar-refractivity contribution is 7.92. The molecule has 0 spiro atoms. The molecule has 1 aliphatic rings. The number of hydrogen-bond donors (Lipinski definition) is 1. The van der Waals surface area contributed by atoms with Crippen LogP contribution >= 0.6 is 0 Å². The van der Waals surface area contributed by atoms with E-state index in [9.17, 15) is 13.2 Å². The summed E-state index contributed by atoms with van der Waals surface area (Å²) in [4.78, 5) is 17.6. The van der Waals surface area contributed by atoms with Gasteiger partial charge in [0.25, 0.3) is 5.91 Å². The SMILES string of the molecule is COc1ccc(S(=O)(=O)C2CN(C(=O)c3cc4ccc(OC)cc4[nH]3)C2)cc1. The van der Waals surface area contributed by atoms with Crippen LogP contribution in [0, 0.1) is 0 Å². The molecule has 3 aromatic rings. The largest absolute Gasteiger partial charge is 0.497 e. The Labute approximate surface area is 162 Å². The fourth-order valence-corrected chi connectivity index (χ4v) is 4.93. The first kappa shape index (κ1) is 18.4. The number of nitrogens with zero attached hydrogens (tertiary/aromatic N) is 1. The topological polar surface area (TPSA) is 88.7 Å². The van der Waals surface area contributed by atoms with Crippen LogP contribution in [0.25, 0.3) is 10.9 Å². The van der Waals surface area contributed by atoms with Crippen molar-refractivity contribution in [3.8, 4) is 11.5 Å². The van der Waals surface area contributed by atoms with Gasteiger partial charge in [-0.3, -0.25) is 4.79 Å². The molecule has 2 aromatic carbocycles. The lowest BCUT2D eigenvalue weighted by Crippen LogP contribution is -2.56. The van der Waals surface area contributed by atoms with Gasteiger partial charge in [-0.05, 0) is 42.5 Å². The van der Waals surface area contributed by atoms with Crippen LogP contribution < -0.4 is 9.47 Å². The average molecular weight is 400 g/mol. The molecule has 1 N–H and O–H groups in total. The number of carbonyl (C=O) groups excluding carboxylic acids is 1. The number of fused-ring (bicyclic) bond motifs is 1. The third-order valence-corrected chi connectivity index (χ3v) is 7.13. The maximum Gasteiger partial charge on any atom is 0.270 e. The van der Waals surface area contributed by atoms with E-state index in [1.54, 1.807) is 25.3 Å². The minimum atomic E-state index is -3.49. The highest BCUT2D eigenvalue weighted by Gasteiger charge is 2.41. The van der Waals surface area contributed by atoms with Gasteiger partial charge in [-0.15, -0.1) is 0 Å². The molecule has 0 radical (unpaired) electrons. The number of rotatable bonds is 5. The minimum Gasteiger partial charge on any atom is -0.497 e. The summed E-state index contributed by atoms with van der Waals surface area (Å²) in [5.41, 5.74) is 1.23. The second-order valence-corrected chi connectivity index (χ2v) is 8.92. The van der Waals surface area contributed by atoms with E-state index in [1.807, 2.05) is 18.2 Å². The summed E-state index contributed by atoms with van der Waals surface area (Å²) in [6.07, 6.45) is 0. The van der Waals surface area contributed by atoms with Gasteiger partial charge in [0.2, 0.25) is 0 Å². The second kappa shape index (κ2) is 6.87. The van der Waals surface area contributed by atoms with Gasteiger partial charge >= 0.3 is 0 Å². The molecule has 1 fully saturated rings. The molecule has 0 bridgehead atoms. The van der Waals surface area contributed by atoms with Crippen molar-refractivity contribution in [3.05, 3.63) is 54.2 Å². The minimum absolute atomic E-state index is 0.173. The molecule has 0 aliphatic carbocycles. The summed E-state index contributed by atoms with van der Waals surface area (Å²) in [5.74, 6) is 1.08. The van der Waals surface area contributed by atoms with Crippen LogP contribution in [0.15, 0.2) is 53.4 Å². The Morgan fingerprint density at radius 2 is 1.64 bits per heavy atom. The standard InChI is InChI=1S/C20H20N2O5S/c1-26-14-5-7-16(8-6-14)28(24,25)17-11-22(12-17)20(23)19-9-13-3-4-15(27-2)10-18(13)21-19/h3-10,17,21H,11-12H2,1-2H3. The number of H-pyrrole nitrogens is 1. The van der Waals surface area contributed by atoms with Crippen molar-refractivity contribution in [2.75, 3.05) is 27.3 Å². The van der Waals surface area contributed by atoms with Crippen molar-refractivity contribution in [1.29, 1.82) is 0 Å². The third-order valence-electron chi connectivity index (χ3n) is 5.02. The van der Waals surface area contributed by atoms with Crippen LogP contribution in [0.1, 0.15) is 10.5 Å². The highest BCUT2D eigenvalue weighted by Crippen LogP contribution is 2.27. The van der Waals surface area contributed by atoms with E-state index in [4.69, 9.17) is 9.47 Å². The predicted molar refractivity (Wildman–Crippen MR) is 105 cm³/mol. The third kappa shape index (κ3) is 3.09. The number of benzene rings is 2. The summed E-state index contributed by atoms with van der Waals surface area (Å²) < 4.78 is 35.7. The van der Waals surface area contributed by atoms with Gasteiger partial charge < -0.3 is 19.4 Å². The number of methoxy groups -OCH3 is 2. The van der Waals surface area contributed by atoms with Gasteiger partial charge in [0.05, 0.1) is 19.1 Å². The quantitative estimate of drug-likeness (QED) is 0.711. The maximum atomic E-state index is 12.7. The zero-order valence-electron chi connectivity index (χ0n) is 15.5. The van der Waals surface area contributed by atoms with Gasteiger partial charge in [-0.2, -0.15) is 0 Å². The van der Waals surface area contributed by atoms with E-state index in [0.717, 1.165) is 10.9 Å². The molecular formula is C20H20N2O5S. The molecule has 0 atom stereocenters. The van der Waals surface area contributed by atoms with Gasteiger partial charge in [0.1, 0.15) is 22.4 Å².